The molecule has 142 valence electrons. The number of urea groups is 1. The maximum absolute atomic E-state index is 13.8. The molecule has 4 amide bonds. The highest BCUT2D eigenvalue weighted by Gasteiger charge is 2.51. The number of nitrogens with zero attached hydrogens (tertiary/aromatic N) is 1. The quantitative estimate of drug-likeness (QED) is 0.782. The van der Waals surface area contributed by atoms with Gasteiger partial charge in [0.25, 0.3) is 5.91 Å². The molecule has 1 aliphatic rings. The van der Waals surface area contributed by atoms with Gasteiger partial charge in [0, 0.05) is 11.6 Å². The van der Waals surface area contributed by atoms with Crippen LogP contribution in [0.15, 0.2) is 41.0 Å². The van der Waals surface area contributed by atoms with Crippen LogP contribution in [-0.4, -0.2) is 29.3 Å². The van der Waals surface area contributed by atoms with Crippen LogP contribution in [0.1, 0.15) is 31.2 Å². The first-order chi connectivity index (χ1) is 12.7. The second-order valence-electron chi connectivity index (χ2n) is 6.38. The predicted molar refractivity (Wildman–Crippen MR) is 89.2 cm³/mol. The van der Waals surface area contributed by atoms with Crippen LogP contribution in [0.2, 0.25) is 0 Å². The number of nitrogens with one attached hydrogen (secondary N) is 2. The Hall–Kier alpha value is -3.23. The molecule has 7 nitrogen and oxygen atoms in total. The van der Waals surface area contributed by atoms with Crippen molar-refractivity contribution in [1.29, 1.82) is 0 Å². The summed E-state index contributed by atoms with van der Waals surface area (Å²) in [5, 5.41) is 4.99. The van der Waals surface area contributed by atoms with E-state index < -0.39 is 47.6 Å². The van der Waals surface area contributed by atoms with E-state index in [1.807, 2.05) is 0 Å². The van der Waals surface area contributed by atoms with E-state index in [-0.39, 0.29) is 11.3 Å². The number of furan rings is 1. The Morgan fingerprint density at radius 3 is 2.70 bits per heavy atom. The van der Waals surface area contributed by atoms with Gasteiger partial charge in [0.2, 0.25) is 5.91 Å². The molecule has 2 N–H and O–H groups in total. The number of carbonyl (C=O) groups is 3. The number of hydrogen-bond acceptors (Lipinski definition) is 4. The average Bonchev–Trinajstić information content (AvgIpc) is 3.19. The van der Waals surface area contributed by atoms with E-state index in [0.29, 0.717) is 6.07 Å². The van der Waals surface area contributed by atoms with Gasteiger partial charge in [-0.25, -0.2) is 13.6 Å². The van der Waals surface area contributed by atoms with Crippen molar-refractivity contribution in [2.45, 2.75) is 25.4 Å². The fourth-order valence-electron chi connectivity index (χ4n) is 2.93. The molecule has 2 aromatic rings. The molecule has 0 spiro atoms. The minimum absolute atomic E-state index is 0.0855. The van der Waals surface area contributed by atoms with Crippen molar-refractivity contribution >= 4 is 17.8 Å². The molecule has 0 radical (unpaired) electrons. The van der Waals surface area contributed by atoms with Gasteiger partial charge in [-0.15, -0.1) is 0 Å². The van der Waals surface area contributed by atoms with E-state index in [2.05, 4.69) is 10.6 Å². The molecule has 1 saturated heterocycles. The Labute approximate surface area is 153 Å². The van der Waals surface area contributed by atoms with E-state index in [1.165, 1.54) is 26.2 Å². The third kappa shape index (κ3) is 3.40. The van der Waals surface area contributed by atoms with E-state index >= 15 is 0 Å². The van der Waals surface area contributed by atoms with Gasteiger partial charge >= 0.3 is 6.03 Å². The molecule has 0 unspecified atom stereocenters. The molecule has 1 aromatic heterocycles. The zero-order valence-corrected chi connectivity index (χ0v) is 14.6. The summed E-state index contributed by atoms with van der Waals surface area (Å²) in [6.45, 7) is 2.43. The van der Waals surface area contributed by atoms with Crippen LogP contribution >= 0.6 is 0 Å². The Morgan fingerprint density at radius 1 is 1.33 bits per heavy atom. The summed E-state index contributed by atoms with van der Waals surface area (Å²) in [6.07, 6.45) is 1.37. The lowest BCUT2D eigenvalue weighted by molar-refractivity contribution is -0.135. The third-order valence-electron chi connectivity index (χ3n) is 4.40. The summed E-state index contributed by atoms with van der Waals surface area (Å²) in [6, 6.07) is 4.61. The lowest BCUT2D eigenvalue weighted by atomic mass is 9.99. The van der Waals surface area contributed by atoms with E-state index in [9.17, 15) is 23.2 Å². The Balaban J connectivity index is 1.69. The largest absolute Gasteiger partial charge is 0.466 e. The Kier molecular flexibility index (Phi) is 4.69. The lowest BCUT2D eigenvalue weighted by Gasteiger charge is -2.20. The Morgan fingerprint density at radius 2 is 2.07 bits per heavy atom. The second kappa shape index (κ2) is 6.82. The average molecular weight is 377 g/mol. The van der Waals surface area contributed by atoms with Crippen molar-refractivity contribution in [2.24, 2.45) is 0 Å². The van der Waals surface area contributed by atoms with Gasteiger partial charge in [0.05, 0.1) is 12.3 Å². The van der Waals surface area contributed by atoms with E-state index in [4.69, 9.17) is 4.42 Å². The monoisotopic (exact) mass is 377 g/mol. The molecule has 1 aromatic carbocycles. The van der Waals surface area contributed by atoms with Gasteiger partial charge in [-0.3, -0.25) is 14.5 Å². The van der Waals surface area contributed by atoms with Gasteiger partial charge in [0.1, 0.15) is 23.9 Å². The maximum atomic E-state index is 13.8. The molecule has 0 aliphatic carbocycles. The van der Waals surface area contributed by atoms with Gasteiger partial charge in [-0.1, -0.05) is 6.07 Å². The van der Waals surface area contributed by atoms with Crippen LogP contribution in [-0.2, 0) is 15.1 Å². The highest BCUT2D eigenvalue weighted by molar-refractivity contribution is 6.08. The number of hydrogen-bond donors (Lipinski definition) is 2. The van der Waals surface area contributed by atoms with E-state index in [1.54, 1.807) is 12.1 Å². The fourth-order valence-corrected chi connectivity index (χ4v) is 2.93. The molecule has 0 saturated carbocycles. The van der Waals surface area contributed by atoms with Crippen LogP contribution in [0.5, 0.6) is 0 Å². The van der Waals surface area contributed by atoms with Gasteiger partial charge in [0.15, 0.2) is 5.54 Å². The SMILES string of the molecule is C[C@@H](NC(=O)CN1C(=O)N[C@@](C)(c2ccco2)C1=O)c1ccc(F)cc1F. The zero-order chi connectivity index (χ0) is 19.8. The minimum Gasteiger partial charge on any atom is -0.466 e. The van der Waals surface area contributed by atoms with Crippen LogP contribution in [0.4, 0.5) is 13.6 Å². The van der Waals surface area contributed by atoms with E-state index in [0.717, 1.165) is 11.0 Å². The molecule has 9 heteroatoms. The predicted octanol–water partition coefficient (Wildman–Crippen LogP) is 2.20. The molecular weight excluding hydrogens is 360 g/mol. The van der Waals surface area contributed by atoms with Gasteiger partial charge < -0.3 is 15.1 Å². The number of carbonyl (C=O) groups excluding carboxylic acids is 3. The first kappa shape index (κ1) is 18.6. The molecular formula is C18H17F2N3O4. The summed E-state index contributed by atoms with van der Waals surface area (Å²) in [5.74, 6) is -2.60. The van der Waals surface area contributed by atoms with Crippen LogP contribution in [0.3, 0.4) is 0 Å². The topological polar surface area (TPSA) is 91.7 Å². The summed E-state index contributed by atoms with van der Waals surface area (Å²) >= 11 is 0. The van der Waals surface area contributed by atoms with Gasteiger partial charge in [-0.2, -0.15) is 0 Å². The summed E-state index contributed by atoms with van der Waals surface area (Å²) in [5.41, 5.74) is -1.32. The standard InChI is InChI=1S/C18H17F2N3O4/c1-10(12-6-5-11(19)8-13(12)20)21-15(24)9-23-16(25)18(2,22-17(23)26)14-4-3-7-27-14/h3-8,10H,9H2,1-2H3,(H,21,24)(H,22,26)/t10-,18+/m1/s1. The van der Waals surface area contributed by atoms with Crippen LogP contribution < -0.4 is 10.6 Å². The van der Waals surface area contributed by atoms with Crippen molar-refractivity contribution in [1.82, 2.24) is 15.5 Å². The number of rotatable bonds is 5. The molecule has 3 rings (SSSR count). The first-order valence-electron chi connectivity index (χ1n) is 8.15. The normalized spacial score (nSPS) is 20.5. The summed E-state index contributed by atoms with van der Waals surface area (Å²) in [7, 11) is 0. The summed E-state index contributed by atoms with van der Waals surface area (Å²) in [4.78, 5) is 37.8. The Bertz CT molecular complexity index is 900. The third-order valence-corrected chi connectivity index (χ3v) is 4.40. The lowest BCUT2D eigenvalue weighted by Crippen LogP contribution is -2.43. The molecule has 27 heavy (non-hydrogen) atoms. The molecule has 1 fully saturated rings. The van der Waals surface area contributed by atoms with Crippen molar-refractivity contribution in [2.75, 3.05) is 6.54 Å². The molecule has 2 heterocycles. The van der Waals surface area contributed by atoms with Crippen LogP contribution in [0.25, 0.3) is 0 Å². The first-order valence-corrected chi connectivity index (χ1v) is 8.15. The smallest absolute Gasteiger partial charge is 0.325 e. The number of amides is 4. The fraction of sp³-hybridized carbons (Fsp3) is 0.278. The summed E-state index contributed by atoms with van der Waals surface area (Å²) < 4.78 is 32.0. The highest BCUT2D eigenvalue weighted by atomic mass is 19.1. The molecule has 1 aliphatic heterocycles. The molecule has 2 atom stereocenters. The maximum Gasteiger partial charge on any atom is 0.325 e. The number of imide groups is 1. The molecule has 0 bridgehead atoms. The van der Waals surface area contributed by atoms with Crippen molar-refractivity contribution in [3.8, 4) is 0 Å². The van der Waals surface area contributed by atoms with Crippen LogP contribution in [0, 0.1) is 11.6 Å². The van der Waals surface area contributed by atoms with Gasteiger partial charge in [-0.05, 0) is 32.0 Å². The second-order valence-corrected chi connectivity index (χ2v) is 6.38. The minimum atomic E-state index is -1.41. The number of halogens is 2. The van der Waals surface area contributed by atoms with Crippen molar-refractivity contribution in [3.63, 3.8) is 0 Å². The van der Waals surface area contributed by atoms with Crippen molar-refractivity contribution in [3.05, 3.63) is 59.6 Å². The van der Waals surface area contributed by atoms with Crippen molar-refractivity contribution < 1.29 is 27.6 Å². The highest BCUT2D eigenvalue weighted by Crippen LogP contribution is 2.29. The zero-order valence-electron chi connectivity index (χ0n) is 14.6. The number of benzene rings is 1.